The van der Waals surface area contributed by atoms with E-state index in [1.165, 1.54) is 5.69 Å². The van der Waals surface area contributed by atoms with Crippen molar-refractivity contribution >= 4 is 29.3 Å². The molecule has 0 bridgehead atoms. The molecule has 4 nitrogen and oxygen atoms in total. The maximum atomic E-state index is 12.3. The van der Waals surface area contributed by atoms with E-state index < -0.39 is 0 Å². The summed E-state index contributed by atoms with van der Waals surface area (Å²) < 4.78 is 2.11. The first kappa shape index (κ1) is 12.4. The molecule has 1 aromatic rings. The van der Waals surface area contributed by atoms with Gasteiger partial charge < -0.3 is 9.88 Å². The van der Waals surface area contributed by atoms with Crippen LogP contribution in [0.3, 0.4) is 0 Å². The number of nitrogens with one attached hydrogen (secondary N) is 1. The van der Waals surface area contributed by atoms with Crippen molar-refractivity contribution in [3.8, 4) is 0 Å². The Hall–Kier alpha value is -1.62. The summed E-state index contributed by atoms with van der Waals surface area (Å²) in [5.41, 5.74) is 3.98. The van der Waals surface area contributed by atoms with Crippen molar-refractivity contribution in [3.63, 3.8) is 0 Å². The molecule has 1 aliphatic carbocycles. The van der Waals surface area contributed by atoms with E-state index in [0.717, 1.165) is 24.1 Å². The van der Waals surface area contributed by atoms with Gasteiger partial charge in [-0.15, -0.1) is 0 Å². The second-order valence-electron chi connectivity index (χ2n) is 5.28. The van der Waals surface area contributed by atoms with Crippen LogP contribution in [-0.2, 0) is 11.8 Å². The van der Waals surface area contributed by atoms with Gasteiger partial charge in [-0.05, 0) is 56.6 Å². The molecule has 5 heteroatoms. The number of nitrogens with zero attached hydrogens (tertiary/aromatic N) is 2. The topological polar surface area (TPSA) is 37.3 Å². The standard InChI is InChI=1S/C14H17N3OS/c1-8-6-10(9(2)16(8)3)7-12-13(18)17(11-4-5-11)14(19)15-12/h6-7,11H,4-5H2,1-3H3,(H,15,19)/b12-7-. The molecule has 0 spiro atoms. The van der Waals surface area contributed by atoms with Crippen molar-refractivity contribution in [2.75, 3.05) is 0 Å². The zero-order valence-electron chi connectivity index (χ0n) is 11.4. The van der Waals surface area contributed by atoms with Crippen molar-refractivity contribution in [1.29, 1.82) is 0 Å². The van der Waals surface area contributed by atoms with E-state index in [0.29, 0.717) is 16.9 Å². The number of amides is 1. The van der Waals surface area contributed by atoms with E-state index in [1.807, 2.05) is 13.1 Å². The average Bonchev–Trinajstić information content (AvgIpc) is 3.11. The molecule has 0 atom stereocenters. The Balaban J connectivity index is 1.94. The zero-order chi connectivity index (χ0) is 13.7. The number of aryl methyl sites for hydroxylation is 1. The van der Waals surface area contributed by atoms with Crippen molar-refractivity contribution < 1.29 is 4.79 Å². The maximum absolute atomic E-state index is 12.3. The van der Waals surface area contributed by atoms with Gasteiger partial charge in [0.15, 0.2) is 5.11 Å². The third kappa shape index (κ3) is 1.98. The fraction of sp³-hybridized carbons (Fsp3) is 0.429. The lowest BCUT2D eigenvalue weighted by Crippen LogP contribution is -2.32. The predicted octanol–water partition coefficient (Wildman–Crippen LogP) is 1.86. The second kappa shape index (κ2) is 4.20. The van der Waals surface area contributed by atoms with Gasteiger partial charge in [0.25, 0.3) is 5.91 Å². The summed E-state index contributed by atoms with van der Waals surface area (Å²) in [4.78, 5) is 14.0. The van der Waals surface area contributed by atoms with Crippen LogP contribution >= 0.6 is 12.2 Å². The Labute approximate surface area is 118 Å². The molecular formula is C14H17N3OS. The van der Waals surface area contributed by atoms with E-state index in [-0.39, 0.29) is 5.91 Å². The Morgan fingerprint density at radius 3 is 2.63 bits per heavy atom. The highest BCUT2D eigenvalue weighted by atomic mass is 32.1. The van der Waals surface area contributed by atoms with Crippen LogP contribution in [0, 0.1) is 13.8 Å². The number of hydrogen-bond acceptors (Lipinski definition) is 2. The molecule has 1 saturated carbocycles. The molecule has 0 aromatic carbocycles. The predicted molar refractivity (Wildman–Crippen MR) is 78.5 cm³/mol. The minimum absolute atomic E-state index is 0.00778. The number of carbonyl (C=O) groups excluding carboxylic acids is 1. The van der Waals surface area contributed by atoms with Crippen LogP contribution in [0.25, 0.3) is 6.08 Å². The molecule has 100 valence electrons. The summed E-state index contributed by atoms with van der Waals surface area (Å²) in [5, 5.41) is 3.58. The third-order valence-electron chi connectivity index (χ3n) is 3.94. The second-order valence-corrected chi connectivity index (χ2v) is 5.67. The molecule has 3 rings (SSSR count). The van der Waals surface area contributed by atoms with Crippen molar-refractivity contribution in [1.82, 2.24) is 14.8 Å². The first-order valence-corrected chi connectivity index (χ1v) is 6.89. The molecule has 1 saturated heterocycles. The molecule has 1 amide bonds. The number of thiocarbonyl (C=S) groups is 1. The molecule has 1 aliphatic heterocycles. The van der Waals surface area contributed by atoms with Crippen LogP contribution in [0.4, 0.5) is 0 Å². The highest BCUT2D eigenvalue weighted by Gasteiger charge is 2.41. The minimum Gasteiger partial charge on any atom is -0.352 e. The van der Waals surface area contributed by atoms with Gasteiger partial charge in [0.2, 0.25) is 0 Å². The van der Waals surface area contributed by atoms with Crippen LogP contribution in [0.15, 0.2) is 11.8 Å². The first-order chi connectivity index (χ1) is 8.99. The third-order valence-corrected chi connectivity index (χ3v) is 4.23. The van der Waals surface area contributed by atoms with Gasteiger partial charge in [-0.3, -0.25) is 9.69 Å². The highest BCUT2D eigenvalue weighted by Crippen LogP contribution is 2.31. The molecule has 0 unspecified atom stereocenters. The number of aromatic nitrogens is 1. The zero-order valence-corrected chi connectivity index (χ0v) is 12.2. The maximum Gasteiger partial charge on any atom is 0.276 e. The fourth-order valence-corrected chi connectivity index (χ4v) is 2.74. The Bertz CT molecular complexity index is 610. The van der Waals surface area contributed by atoms with E-state index in [4.69, 9.17) is 12.2 Å². The summed E-state index contributed by atoms with van der Waals surface area (Å²) in [5.74, 6) is 0.00778. The smallest absolute Gasteiger partial charge is 0.276 e. The normalized spacial score (nSPS) is 21.4. The van der Waals surface area contributed by atoms with Crippen LogP contribution in [0.2, 0.25) is 0 Å². The molecule has 1 aromatic heterocycles. The van der Waals surface area contributed by atoms with Gasteiger partial charge in [0.1, 0.15) is 5.70 Å². The van der Waals surface area contributed by atoms with Gasteiger partial charge in [0, 0.05) is 24.5 Å². The van der Waals surface area contributed by atoms with Gasteiger partial charge in [-0.2, -0.15) is 0 Å². The SMILES string of the molecule is Cc1cc(/C=C2\NC(=S)N(C3CC3)C2=O)c(C)n1C. The average molecular weight is 275 g/mol. The van der Waals surface area contributed by atoms with Crippen LogP contribution in [0.1, 0.15) is 29.8 Å². The van der Waals surface area contributed by atoms with Crippen LogP contribution in [-0.4, -0.2) is 26.5 Å². The fourth-order valence-electron chi connectivity index (χ4n) is 2.40. The Morgan fingerprint density at radius 1 is 1.42 bits per heavy atom. The van der Waals surface area contributed by atoms with Gasteiger partial charge in [-0.25, -0.2) is 0 Å². The van der Waals surface area contributed by atoms with Crippen LogP contribution < -0.4 is 5.32 Å². The molecule has 0 radical (unpaired) electrons. The summed E-state index contributed by atoms with van der Waals surface area (Å²) in [6, 6.07) is 2.40. The van der Waals surface area contributed by atoms with Crippen LogP contribution in [0.5, 0.6) is 0 Å². The van der Waals surface area contributed by atoms with Crippen molar-refractivity contribution in [2.45, 2.75) is 32.7 Å². The van der Waals surface area contributed by atoms with Gasteiger partial charge in [-0.1, -0.05) is 0 Å². The molecule has 1 N–H and O–H groups in total. The molecule has 2 fully saturated rings. The van der Waals surface area contributed by atoms with Crippen molar-refractivity contribution in [2.24, 2.45) is 7.05 Å². The van der Waals surface area contributed by atoms with Crippen molar-refractivity contribution in [3.05, 3.63) is 28.7 Å². The quantitative estimate of drug-likeness (QED) is 0.661. The van der Waals surface area contributed by atoms with E-state index in [1.54, 1.807) is 4.90 Å². The lowest BCUT2D eigenvalue weighted by molar-refractivity contribution is -0.122. The number of rotatable bonds is 2. The molecular weight excluding hydrogens is 258 g/mol. The molecule has 19 heavy (non-hydrogen) atoms. The summed E-state index contributed by atoms with van der Waals surface area (Å²) in [6.07, 6.45) is 4.02. The largest absolute Gasteiger partial charge is 0.352 e. The monoisotopic (exact) mass is 275 g/mol. The summed E-state index contributed by atoms with van der Waals surface area (Å²) in [6.45, 7) is 4.11. The molecule has 2 aliphatic rings. The van der Waals surface area contributed by atoms with Gasteiger partial charge in [0.05, 0.1) is 0 Å². The van der Waals surface area contributed by atoms with E-state index >= 15 is 0 Å². The van der Waals surface area contributed by atoms with Gasteiger partial charge >= 0.3 is 0 Å². The van der Waals surface area contributed by atoms with E-state index in [9.17, 15) is 4.79 Å². The summed E-state index contributed by atoms with van der Waals surface area (Å²) in [7, 11) is 2.03. The lowest BCUT2D eigenvalue weighted by Gasteiger charge is -2.11. The first-order valence-electron chi connectivity index (χ1n) is 6.48. The lowest BCUT2D eigenvalue weighted by atomic mass is 10.2. The van der Waals surface area contributed by atoms with E-state index in [2.05, 4.69) is 29.8 Å². The minimum atomic E-state index is 0.00778. The number of hydrogen-bond donors (Lipinski definition) is 1. The summed E-state index contributed by atoms with van der Waals surface area (Å²) >= 11 is 5.24. The Kier molecular flexibility index (Phi) is 2.74. The Morgan fingerprint density at radius 2 is 2.11 bits per heavy atom. The highest BCUT2D eigenvalue weighted by molar-refractivity contribution is 7.80. The number of carbonyl (C=O) groups is 1. The molecule has 2 heterocycles.